The Morgan fingerprint density at radius 3 is 2.65 bits per heavy atom. The number of likely N-dealkylation sites (tertiary alicyclic amines) is 1. The van der Waals surface area contributed by atoms with Crippen molar-refractivity contribution >= 4 is 17.7 Å². The van der Waals surface area contributed by atoms with Gasteiger partial charge in [-0.25, -0.2) is 0 Å². The monoisotopic (exact) mass is 281 g/mol. The maximum Gasteiger partial charge on any atom is 0.309 e. The number of rotatable bonds is 4. The summed E-state index contributed by atoms with van der Waals surface area (Å²) in [4.78, 5) is 24.9. The van der Waals surface area contributed by atoms with Crippen molar-refractivity contribution < 1.29 is 19.2 Å². The lowest BCUT2D eigenvalue weighted by molar-refractivity contribution is -0.150. The van der Waals surface area contributed by atoms with Crippen molar-refractivity contribution in [2.24, 2.45) is 5.41 Å². The van der Waals surface area contributed by atoms with Gasteiger partial charge in [0.15, 0.2) is 5.82 Å². The molecule has 0 radical (unpaired) electrons. The number of hydrogen-bond acceptors (Lipinski definition) is 5. The molecule has 0 aromatic carbocycles. The van der Waals surface area contributed by atoms with Crippen molar-refractivity contribution in [3.8, 4) is 0 Å². The Morgan fingerprint density at radius 2 is 2.15 bits per heavy atom. The van der Waals surface area contributed by atoms with Crippen LogP contribution < -0.4 is 5.32 Å². The average molecular weight is 281 g/mol. The summed E-state index contributed by atoms with van der Waals surface area (Å²) >= 11 is 0. The molecule has 7 nitrogen and oxygen atoms in total. The van der Waals surface area contributed by atoms with Crippen LogP contribution in [-0.2, 0) is 9.59 Å². The van der Waals surface area contributed by atoms with Crippen LogP contribution >= 0.6 is 0 Å². The summed E-state index contributed by atoms with van der Waals surface area (Å²) < 4.78 is 4.87. The largest absolute Gasteiger partial charge is 0.481 e. The lowest BCUT2D eigenvalue weighted by Gasteiger charge is -2.35. The summed E-state index contributed by atoms with van der Waals surface area (Å²) in [6, 6.07) is 1.65. The Kier molecular flexibility index (Phi) is 4.08. The number of carboxylic acid groups (broad SMARTS) is 1. The van der Waals surface area contributed by atoms with E-state index in [4.69, 9.17) is 9.63 Å². The highest BCUT2D eigenvalue weighted by molar-refractivity contribution is 5.91. The van der Waals surface area contributed by atoms with Gasteiger partial charge in [-0.2, -0.15) is 0 Å². The van der Waals surface area contributed by atoms with Crippen LogP contribution in [0.3, 0.4) is 0 Å². The minimum atomic E-state index is -0.764. The van der Waals surface area contributed by atoms with E-state index in [0.717, 1.165) is 0 Å². The van der Waals surface area contributed by atoms with E-state index < -0.39 is 11.4 Å². The zero-order chi connectivity index (χ0) is 14.8. The fraction of sp³-hybridized carbons (Fsp3) is 0.615. The van der Waals surface area contributed by atoms with E-state index in [9.17, 15) is 9.59 Å². The predicted octanol–water partition coefficient (Wildman–Crippen LogP) is 1.11. The molecule has 0 aliphatic carbocycles. The Hall–Kier alpha value is -1.89. The second-order valence-electron chi connectivity index (χ2n) is 5.51. The molecular weight excluding hydrogens is 262 g/mol. The lowest BCUT2D eigenvalue weighted by Crippen LogP contribution is -2.45. The van der Waals surface area contributed by atoms with Gasteiger partial charge in [-0.1, -0.05) is 5.16 Å². The number of amides is 1. The highest BCUT2D eigenvalue weighted by atomic mass is 16.5. The fourth-order valence-electron chi connectivity index (χ4n) is 2.23. The highest BCUT2D eigenvalue weighted by Gasteiger charge is 2.37. The third-order valence-corrected chi connectivity index (χ3v) is 3.74. The van der Waals surface area contributed by atoms with E-state index in [0.29, 0.717) is 37.5 Å². The third kappa shape index (κ3) is 3.36. The average Bonchev–Trinajstić information content (AvgIpc) is 2.77. The summed E-state index contributed by atoms with van der Waals surface area (Å²) in [5, 5.41) is 15.5. The zero-order valence-electron chi connectivity index (χ0n) is 11.7. The predicted molar refractivity (Wildman–Crippen MR) is 71.3 cm³/mol. The van der Waals surface area contributed by atoms with E-state index in [-0.39, 0.29) is 12.5 Å². The van der Waals surface area contributed by atoms with Gasteiger partial charge in [0, 0.05) is 6.07 Å². The molecule has 0 bridgehead atoms. The van der Waals surface area contributed by atoms with Crippen molar-refractivity contribution in [3.63, 3.8) is 0 Å². The van der Waals surface area contributed by atoms with Crippen LogP contribution in [0.5, 0.6) is 0 Å². The molecule has 1 fully saturated rings. The van der Waals surface area contributed by atoms with Gasteiger partial charge < -0.3 is 14.9 Å². The summed E-state index contributed by atoms with van der Waals surface area (Å²) in [6.07, 6.45) is 1.11. The van der Waals surface area contributed by atoms with E-state index >= 15 is 0 Å². The van der Waals surface area contributed by atoms with Crippen LogP contribution in [0.15, 0.2) is 10.6 Å². The fourth-order valence-corrected chi connectivity index (χ4v) is 2.23. The molecule has 20 heavy (non-hydrogen) atoms. The topological polar surface area (TPSA) is 95.7 Å². The highest BCUT2D eigenvalue weighted by Crippen LogP contribution is 2.30. The maximum atomic E-state index is 11.8. The number of anilines is 1. The Labute approximate surface area is 116 Å². The summed E-state index contributed by atoms with van der Waals surface area (Å²) in [6.45, 7) is 4.95. The van der Waals surface area contributed by atoms with Crippen molar-refractivity contribution in [3.05, 3.63) is 11.8 Å². The normalized spacial score (nSPS) is 18.7. The van der Waals surface area contributed by atoms with Gasteiger partial charge in [-0.05, 0) is 39.8 Å². The van der Waals surface area contributed by atoms with Gasteiger partial charge in [0.1, 0.15) is 5.76 Å². The van der Waals surface area contributed by atoms with E-state index in [1.165, 1.54) is 0 Å². The molecule has 1 aromatic rings. The smallest absolute Gasteiger partial charge is 0.309 e. The molecule has 1 saturated heterocycles. The van der Waals surface area contributed by atoms with Gasteiger partial charge in [-0.15, -0.1) is 0 Å². The number of carbonyl (C=O) groups is 2. The van der Waals surface area contributed by atoms with Gasteiger partial charge in [0.25, 0.3) is 0 Å². The third-order valence-electron chi connectivity index (χ3n) is 3.74. The van der Waals surface area contributed by atoms with E-state index in [2.05, 4.69) is 10.5 Å². The lowest BCUT2D eigenvalue weighted by atomic mass is 9.80. The number of carbonyl (C=O) groups excluding carboxylic acids is 1. The van der Waals surface area contributed by atoms with Crippen LogP contribution in [0.1, 0.15) is 25.5 Å². The first-order chi connectivity index (χ1) is 9.39. The molecule has 2 rings (SSSR count). The minimum Gasteiger partial charge on any atom is -0.481 e. The summed E-state index contributed by atoms with van der Waals surface area (Å²) in [5.74, 6) is 0.104. The van der Waals surface area contributed by atoms with Crippen molar-refractivity contribution in [1.29, 1.82) is 0 Å². The molecule has 1 aromatic heterocycles. The van der Waals surface area contributed by atoms with Crippen LogP contribution in [-0.4, -0.2) is 46.7 Å². The zero-order valence-corrected chi connectivity index (χ0v) is 11.7. The number of nitrogens with zero attached hydrogens (tertiary/aromatic N) is 2. The summed E-state index contributed by atoms with van der Waals surface area (Å²) in [5.41, 5.74) is -0.670. The number of nitrogens with one attached hydrogen (secondary N) is 1. The summed E-state index contributed by atoms with van der Waals surface area (Å²) in [7, 11) is 0. The molecule has 2 heterocycles. The molecule has 0 unspecified atom stereocenters. The van der Waals surface area contributed by atoms with Crippen LogP contribution in [0.25, 0.3) is 0 Å². The maximum absolute atomic E-state index is 11.8. The first kappa shape index (κ1) is 14.5. The van der Waals surface area contributed by atoms with Crippen LogP contribution in [0.2, 0.25) is 0 Å². The van der Waals surface area contributed by atoms with Gasteiger partial charge in [0.2, 0.25) is 5.91 Å². The number of aryl methyl sites for hydroxylation is 1. The van der Waals surface area contributed by atoms with E-state index in [1.807, 2.05) is 4.90 Å². The molecule has 2 N–H and O–H groups in total. The first-order valence-electron chi connectivity index (χ1n) is 6.58. The van der Waals surface area contributed by atoms with Crippen molar-refractivity contribution in [2.75, 3.05) is 25.0 Å². The van der Waals surface area contributed by atoms with Gasteiger partial charge in [0.05, 0.1) is 12.0 Å². The second kappa shape index (κ2) is 5.62. The van der Waals surface area contributed by atoms with Crippen LogP contribution in [0, 0.1) is 12.3 Å². The van der Waals surface area contributed by atoms with Gasteiger partial charge in [-0.3, -0.25) is 14.5 Å². The molecule has 0 spiro atoms. The molecule has 1 amide bonds. The molecule has 1 aliphatic rings. The van der Waals surface area contributed by atoms with Crippen LogP contribution in [0.4, 0.5) is 5.82 Å². The molecule has 1 aliphatic heterocycles. The molecular formula is C13H19N3O4. The standard InChI is InChI=1S/C13H19N3O4/c1-9-7-10(15-20-9)14-11(17)8-16-5-3-13(2,4-6-16)12(18)19/h7H,3-6,8H2,1-2H3,(H,18,19)(H,14,15,17). The molecule has 0 saturated carbocycles. The SMILES string of the molecule is Cc1cc(NC(=O)CN2CCC(C)(C(=O)O)CC2)no1. The minimum absolute atomic E-state index is 0.169. The second-order valence-corrected chi connectivity index (χ2v) is 5.51. The number of carboxylic acids is 1. The quantitative estimate of drug-likeness (QED) is 0.858. The van der Waals surface area contributed by atoms with E-state index in [1.54, 1.807) is 19.9 Å². The molecule has 0 atom stereocenters. The first-order valence-corrected chi connectivity index (χ1v) is 6.58. The molecule has 110 valence electrons. The Balaban J connectivity index is 1.80. The van der Waals surface area contributed by atoms with Crippen molar-refractivity contribution in [1.82, 2.24) is 10.1 Å². The number of aliphatic carboxylic acids is 1. The molecule has 7 heteroatoms. The number of piperidine rings is 1. The number of hydrogen-bond donors (Lipinski definition) is 2. The van der Waals surface area contributed by atoms with Gasteiger partial charge >= 0.3 is 5.97 Å². The number of aromatic nitrogens is 1. The Morgan fingerprint density at radius 1 is 1.50 bits per heavy atom. The Bertz CT molecular complexity index is 503. The van der Waals surface area contributed by atoms with Crippen molar-refractivity contribution in [2.45, 2.75) is 26.7 Å².